The molecule has 0 heterocycles. The molecule has 0 aromatic heterocycles. The predicted molar refractivity (Wildman–Crippen MR) is 70.0 cm³/mol. The SMILES string of the molecule is CC1=CC(=O)[C@H]2C(C)(C)C[C@H](O)C[C@@]2(C)[C@@H]1CO. The topological polar surface area (TPSA) is 57.5 Å². The molecule has 4 atom stereocenters. The van der Waals surface area contributed by atoms with Crippen LogP contribution < -0.4 is 0 Å². The minimum absolute atomic E-state index is 0.0191. The number of fused-ring (bicyclic) bond motifs is 1. The van der Waals surface area contributed by atoms with Crippen LogP contribution in [-0.4, -0.2) is 28.7 Å². The zero-order valence-electron chi connectivity index (χ0n) is 11.7. The normalized spacial score (nSPS) is 43.3. The molecule has 0 saturated heterocycles. The number of carbonyl (C=O) groups excluding carboxylic acids is 1. The first-order valence-electron chi connectivity index (χ1n) is 6.73. The molecule has 0 amide bonds. The van der Waals surface area contributed by atoms with E-state index in [4.69, 9.17) is 0 Å². The van der Waals surface area contributed by atoms with Crippen molar-refractivity contribution in [1.82, 2.24) is 0 Å². The summed E-state index contributed by atoms with van der Waals surface area (Å²) in [4.78, 5) is 12.4. The first-order valence-corrected chi connectivity index (χ1v) is 6.73. The van der Waals surface area contributed by atoms with E-state index in [9.17, 15) is 15.0 Å². The standard InChI is InChI=1S/C15H24O3/c1-9-5-12(18)13-14(2,3)6-10(17)7-15(13,4)11(9)8-16/h5,10-11,13,16-17H,6-8H2,1-4H3/t10-,11+,13-,15-/m0/s1. The molecule has 1 fully saturated rings. The van der Waals surface area contributed by atoms with Crippen molar-refractivity contribution in [3.8, 4) is 0 Å². The van der Waals surface area contributed by atoms with Crippen molar-refractivity contribution in [1.29, 1.82) is 0 Å². The van der Waals surface area contributed by atoms with Gasteiger partial charge >= 0.3 is 0 Å². The Morgan fingerprint density at radius 3 is 2.50 bits per heavy atom. The van der Waals surface area contributed by atoms with E-state index in [0.717, 1.165) is 5.57 Å². The molecule has 2 rings (SSSR count). The number of allylic oxidation sites excluding steroid dienone is 1. The second-order valence-electron chi connectivity index (χ2n) is 7.02. The summed E-state index contributed by atoms with van der Waals surface area (Å²) in [6, 6.07) is 0. The van der Waals surface area contributed by atoms with Crippen molar-refractivity contribution in [2.24, 2.45) is 22.7 Å². The Hall–Kier alpha value is -0.670. The van der Waals surface area contributed by atoms with Gasteiger partial charge in [-0.25, -0.2) is 0 Å². The van der Waals surface area contributed by atoms with E-state index < -0.39 is 0 Å². The van der Waals surface area contributed by atoms with Gasteiger partial charge in [0.2, 0.25) is 0 Å². The zero-order chi connectivity index (χ0) is 13.7. The quantitative estimate of drug-likeness (QED) is 0.749. The van der Waals surface area contributed by atoms with E-state index in [1.165, 1.54) is 0 Å². The third-order valence-electron chi connectivity index (χ3n) is 5.06. The Bertz CT molecular complexity index is 397. The van der Waals surface area contributed by atoms with Crippen LogP contribution in [0, 0.1) is 22.7 Å². The van der Waals surface area contributed by atoms with E-state index in [0.29, 0.717) is 12.8 Å². The summed E-state index contributed by atoms with van der Waals surface area (Å²) in [6.07, 6.45) is 2.58. The van der Waals surface area contributed by atoms with Crippen LogP contribution >= 0.6 is 0 Å². The third kappa shape index (κ3) is 1.84. The monoisotopic (exact) mass is 252 g/mol. The molecule has 0 aromatic rings. The fraction of sp³-hybridized carbons (Fsp3) is 0.800. The molecule has 2 N–H and O–H groups in total. The fourth-order valence-electron chi connectivity index (χ4n) is 4.65. The second-order valence-corrected chi connectivity index (χ2v) is 7.02. The highest BCUT2D eigenvalue weighted by atomic mass is 16.3. The molecule has 2 aliphatic carbocycles. The number of ketones is 1. The van der Waals surface area contributed by atoms with Gasteiger partial charge in [0.05, 0.1) is 12.7 Å². The maximum Gasteiger partial charge on any atom is 0.159 e. The van der Waals surface area contributed by atoms with E-state index in [-0.39, 0.29) is 41.2 Å². The molecule has 0 radical (unpaired) electrons. The lowest BCUT2D eigenvalue weighted by molar-refractivity contribution is -0.146. The molecular weight excluding hydrogens is 228 g/mol. The Labute approximate surface area is 109 Å². The Morgan fingerprint density at radius 2 is 1.94 bits per heavy atom. The van der Waals surface area contributed by atoms with Crippen LogP contribution in [-0.2, 0) is 4.79 Å². The van der Waals surface area contributed by atoms with Gasteiger partial charge in [0.15, 0.2) is 5.78 Å². The van der Waals surface area contributed by atoms with Crippen molar-refractivity contribution >= 4 is 5.78 Å². The molecule has 0 bridgehead atoms. The summed E-state index contributed by atoms with van der Waals surface area (Å²) in [5, 5.41) is 19.8. The van der Waals surface area contributed by atoms with Gasteiger partial charge in [0.25, 0.3) is 0 Å². The van der Waals surface area contributed by atoms with Crippen LogP contribution in [0.5, 0.6) is 0 Å². The lowest BCUT2D eigenvalue weighted by Gasteiger charge is -2.56. The molecule has 0 aliphatic heterocycles. The van der Waals surface area contributed by atoms with Gasteiger partial charge in [-0.15, -0.1) is 0 Å². The van der Waals surface area contributed by atoms with E-state index in [1.54, 1.807) is 6.08 Å². The van der Waals surface area contributed by atoms with Gasteiger partial charge < -0.3 is 10.2 Å². The number of hydrogen-bond acceptors (Lipinski definition) is 3. The number of carbonyl (C=O) groups is 1. The van der Waals surface area contributed by atoms with E-state index >= 15 is 0 Å². The number of aliphatic hydroxyl groups is 2. The van der Waals surface area contributed by atoms with Crippen molar-refractivity contribution in [2.45, 2.75) is 46.6 Å². The van der Waals surface area contributed by atoms with Crippen molar-refractivity contribution in [2.75, 3.05) is 6.61 Å². The Morgan fingerprint density at radius 1 is 1.33 bits per heavy atom. The molecular formula is C15H24O3. The molecule has 0 unspecified atom stereocenters. The minimum atomic E-state index is -0.381. The molecule has 1 saturated carbocycles. The highest BCUT2D eigenvalue weighted by molar-refractivity contribution is 5.95. The summed E-state index contributed by atoms with van der Waals surface area (Å²) in [7, 11) is 0. The van der Waals surface area contributed by atoms with Crippen LogP contribution in [0.3, 0.4) is 0 Å². The number of hydrogen-bond donors (Lipinski definition) is 2. The first kappa shape index (κ1) is 13.8. The van der Waals surface area contributed by atoms with E-state index in [1.807, 2.05) is 6.92 Å². The lowest BCUT2D eigenvalue weighted by atomic mass is 9.48. The Balaban J connectivity index is 2.54. The molecule has 2 aliphatic rings. The largest absolute Gasteiger partial charge is 0.396 e. The molecule has 3 heteroatoms. The zero-order valence-corrected chi connectivity index (χ0v) is 11.7. The summed E-state index contributed by atoms with van der Waals surface area (Å²) in [5.41, 5.74) is 0.408. The van der Waals surface area contributed by atoms with Crippen molar-refractivity contribution in [3.63, 3.8) is 0 Å². The maximum atomic E-state index is 12.4. The fourth-order valence-corrected chi connectivity index (χ4v) is 4.65. The maximum absolute atomic E-state index is 12.4. The van der Waals surface area contributed by atoms with Crippen molar-refractivity contribution in [3.05, 3.63) is 11.6 Å². The molecule has 0 aromatic carbocycles. The highest BCUT2D eigenvalue weighted by Gasteiger charge is 2.57. The summed E-state index contributed by atoms with van der Waals surface area (Å²) < 4.78 is 0. The number of rotatable bonds is 1. The highest BCUT2D eigenvalue weighted by Crippen LogP contribution is 2.58. The molecule has 18 heavy (non-hydrogen) atoms. The summed E-state index contributed by atoms with van der Waals surface area (Å²) in [5.74, 6) is 0.0419. The molecule has 0 spiro atoms. The average Bonchev–Trinajstić information content (AvgIpc) is 2.12. The Kier molecular flexibility index (Phi) is 3.19. The van der Waals surface area contributed by atoms with Gasteiger partial charge in [0.1, 0.15) is 0 Å². The van der Waals surface area contributed by atoms with Crippen molar-refractivity contribution < 1.29 is 15.0 Å². The van der Waals surface area contributed by atoms with Crippen LogP contribution in [0.25, 0.3) is 0 Å². The van der Waals surface area contributed by atoms with Crippen LogP contribution in [0.4, 0.5) is 0 Å². The molecule has 102 valence electrons. The second kappa shape index (κ2) is 4.17. The summed E-state index contributed by atoms with van der Waals surface area (Å²) in [6.45, 7) is 8.12. The van der Waals surface area contributed by atoms with Crippen LogP contribution in [0.15, 0.2) is 11.6 Å². The third-order valence-corrected chi connectivity index (χ3v) is 5.06. The van der Waals surface area contributed by atoms with Gasteiger partial charge in [0, 0.05) is 11.8 Å². The number of aliphatic hydroxyl groups excluding tert-OH is 2. The first-order chi connectivity index (χ1) is 8.22. The van der Waals surface area contributed by atoms with Crippen LogP contribution in [0.1, 0.15) is 40.5 Å². The lowest BCUT2D eigenvalue weighted by Crippen LogP contribution is -2.56. The van der Waals surface area contributed by atoms with Gasteiger partial charge in [-0.1, -0.05) is 26.3 Å². The van der Waals surface area contributed by atoms with Crippen LogP contribution in [0.2, 0.25) is 0 Å². The predicted octanol–water partition coefficient (Wildman–Crippen LogP) is 1.93. The molecule has 3 nitrogen and oxygen atoms in total. The van der Waals surface area contributed by atoms with Gasteiger partial charge in [-0.3, -0.25) is 4.79 Å². The van der Waals surface area contributed by atoms with Gasteiger partial charge in [-0.05, 0) is 36.7 Å². The smallest absolute Gasteiger partial charge is 0.159 e. The van der Waals surface area contributed by atoms with Gasteiger partial charge in [-0.2, -0.15) is 0 Å². The minimum Gasteiger partial charge on any atom is -0.396 e. The summed E-state index contributed by atoms with van der Waals surface area (Å²) >= 11 is 0. The average molecular weight is 252 g/mol. The van der Waals surface area contributed by atoms with E-state index in [2.05, 4.69) is 20.8 Å².